The number of rotatable bonds is 3. The molecule has 100 valence electrons. The smallest absolute Gasteiger partial charge is 0.410 e. The lowest BCUT2D eigenvalue weighted by molar-refractivity contribution is -0.00703. The van der Waals surface area contributed by atoms with E-state index in [2.05, 4.69) is 6.92 Å². The number of likely N-dealkylation sites (tertiary alicyclic amines) is 1. The summed E-state index contributed by atoms with van der Waals surface area (Å²) in [7, 11) is 0. The van der Waals surface area contributed by atoms with Crippen LogP contribution in [-0.4, -0.2) is 40.4 Å². The van der Waals surface area contributed by atoms with Crippen molar-refractivity contribution in [2.75, 3.05) is 13.2 Å². The molecule has 1 atom stereocenters. The van der Waals surface area contributed by atoms with Gasteiger partial charge in [-0.15, -0.1) is 0 Å². The second-order valence-electron chi connectivity index (χ2n) is 5.87. The van der Waals surface area contributed by atoms with E-state index in [0.717, 1.165) is 25.7 Å². The molecule has 1 heterocycles. The second kappa shape index (κ2) is 5.25. The highest BCUT2D eigenvalue weighted by Crippen LogP contribution is 2.34. The van der Waals surface area contributed by atoms with Gasteiger partial charge in [-0.25, -0.2) is 4.79 Å². The lowest BCUT2D eigenvalue weighted by atomic mass is 9.92. The number of carbonyl (C=O) groups is 1. The molecular formula is C13H25NO3. The third-order valence-electron chi connectivity index (χ3n) is 3.22. The summed E-state index contributed by atoms with van der Waals surface area (Å²) >= 11 is 0. The highest BCUT2D eigenvalue weighted by molar-refractivity contribution is 5.69. The predicted octanol–water partition coefficient (Wildman–Crippen LogP) is 2.55. The minimum atomic E-state index is -0.479. The minimum Gasteiger partial charge on any atom is -0.444 e. The monoisotopic (exact) mass is 243 g/mol. The summed E-state index contributed by atoms with van der Waals surface area (Å²) in [6.45, 7) is 8.38. The van der Waals surface area contributed by atoms with E-state index in [1.54, 1.807) is 4.90 Å². The fourth-order valence-corrected chi connectivity index (χ4v) is 2.51. The van der Waals surface area contributed by atoms with Crippen molar-refractivity contribution in [2.45, 2.75) is 64.5 Å². The Morgan fingerprint density at radius 3 is 2.59 bits per heavy atom. The van der Waals surface area contributed by atoms with Gasteiger partial charge in [-0.3, -0.25) is 0 Å². The van der Waals surface area contributed by atoms with E-state index in [0.29, 0.717) is 6.54 Å². The van der Waals surface area contributed by atoms with E-state index < -0.39 is 11.1 Å². The molecule has 1 fully saturated rings. The third kappa shape index (κ3) is 3.35. The van der Waals surface area contributed by atoms with Gasteiger partial charge in [-0.2, -0.15) is 0 Å². The van der Waals surface area contributed by atoms with Crippen LogP contribution in [0.3, 0.4) is 0 Å². The van der Waals surface area contributed by atoms with Crippen molar-refractivity contribution in [2.24, 2.45) is 0 Å². The number of ether oxygens (including phenoxy) is 1. The van der Waals surface area contributed by atoms with Gasteiger partial charge in [0.2, 0.25) is 0 Å². The van der Waals surface area contributed by atoms with Crippen LogP contribution in [0, 0.1) is 0 Å². The van der Waals surface area contributed by atoms with Gasteiger partial charge in [-0.1, -0.05) is 13.3 Å². The van der Waals surface area contributed by atoms with Gasteiger partial charge in [0.1, 0.15) is 5.60 Å². The molecule has 1 saturated heterocycles. The van der Waals surface area contributed by atoms with Gasteiger partial charge in [0, 0.05) is 6.54 Å². The minimum absolute atomic E-state index is 0.0279. The summed E-state index contributed by atoms with van der Waals surface area (Å²) in [6.07, 6.45) is 3.32. The highest BCUT2D eigenvalue weighted by Gasteiger charge is 2.44. The van der Waals surface area contributed by atoms with E-state index in [1.165, 1.54) is 0 Å². The zero-order valence-corrected chi connectivity index (χ0v) is 11.5. The van der Waals surface area contributed by atoms with Crippen LogP contribution in [0.25, 0.3) is 0 Å². The van der Waals surface area contributed by atoms with Crippen molar-refractivity contribution in [1.82, 2.24) is 4.90 Å². The number of hydrogen-bond donors (Lipinski definition) is 1. The molecule has 0 radical (unpaired) electrons. The molecule has 1 aliphatic heterocycles. The molecule has 1 unspecified atom stereocenters. The van der Waals surface area contributed by atoms with Crippen LogP contribution in [0.1, 0.15) is 53.4 Å². The number of amides is 1. The summed E-state index contributed by atoms with van der Waals surface area (Å²) in [4.78, 5) is 13.8. The summed E-state index contributed by atoms with van der Waals surface area (Å²) in [5, 5.41) is 9.62. The summed E-state index contributed by atoms with van der Waals surface area (Å²) in [5.41, 5.74) is -0.871. The summed E-state index contributed by atoms with van der Waals surface area (Å²) in [5.74, 6) is 0. The van der Waals surface area contributed by atoms with Gasteiger partial charge in [-0.05, 0) is 40.0 Å². The van der Waals surface area contributed by atoms with Crippen LogP contribution < -0.4 is 0 Å². The summed E-state index contributed by atoms with van der Waals surface area (Å²) < 4.78 is 5.40. The first-order valence-corrected chi connectivity index (χ1v) is 6.46. The molecule has 1 rings (SSSR count). The molecule has 4 heteroatoms. The molecule has 1 N–H and O–H groups in total. The average molecular weight is 243 g/mol. The molecule has 1 amide bonds. The van der Waals surface area contributed by atoms with Crippen LogP contribution in [0.2, 0.25) is 0 Å². The molecule has 17 heavy (non-hydrogen) atoms. The van der Waals surface area contributed by atoms with Gasteiger partial charge in [0.15, 0.2) is 0 Å². The van der Waals surface area contributed by atoms with Crippen molar-refractivity contribution in [1.29, 1.82) is 0 Å². The molecular weight excluding hydrogens is 218 g/mol. The molecule has 0 aromatic heterocycles. The van der Waals surface area contributed by atoms with Crippen LogP contribution in [0.5, 0.6) is 0 Å². The topological polar surface area (TPSA) is 49.8 Å². The molecule has 0 saturated carbocycles. The van der Waals surface area contributed by atoms with Crippen molar-refractivity contribution >= 4 is 6.09 Å². The van der Waals surface area contributed by atoms with E-state index in [1.807, 2.05) is 20.8 Å². The quantitative estimate of drug-likeness (QED) is 0.828. The van der Waals surface area contributed by atoms with Gasteiger partial charge in [0.25, 0.3) is 0 Å². The maximum Gasteiger partial charge on any atom is 0.410 e. The maximum absolute atomic E-state index is 12.1. The average Bonchev–Trinajstić information content (AvgIpc) is 2.60. The molecule has 1 aliphatic rings. The third-order valence-corrected chi connectivity index (χ3v) is 3.22. The van der Waals surface area contributed by atoms with Crippen LogP contribution in [-0.2, 0) is 4.74 Å². The number of carbonyl (C=O) groups excluding carboxylic acids is 1. The lowest BCUT2D eigenvalue weighted by Crippen LogP contribution is -2.51. The fraction of sp³-hybridized carbons (Fsp3) is 0.923. The Labute approximate surface area is 104 Å². The number of nitrogens with zero attached hydrogens (tertiary/aromatic N) is 1. The Morgan fingerprint density at radius 2 is 2.12 bits per heavy atom. The van der Waals surface area contributed by atoms with Crippen LogP contribution in [0.15, 0.2) is 0 Å². The van der Waals surface area contributed by atoms with Crippen molar-refractivity contribution in [3.05, 3.63) is 0 Å². The zero-order valence-electron chi connectivity index (χ0n) is 11.5. The Bertz CT molecular complexity index is 272. The van der Waals surface area contributed by atoms with E-state index in [-0.39, 0.29) is 12.7 Å². The number of aliphatic hydroxyl groups is 1. The highest BCUT2D eigenvalue weighted by atomic mass is 16.6. The van der Waals surface area contributed by atoms with E-state index in [9.17, 15) is 9.90 Å². The van der Waals surface area contributed by atoms with Crippen molar-refractivity contribution < 1.29 is 14.6 Å². The molecule has 0 spiro atoms. The first-order chi connectivity index (χ1) is 7.84. The largest absolute Gasteiger partial charge is 0.444 e. The number of aliphatic hydroxyl groups excluding tert-OH is 1. The van der Waals surface area contributed by atoms with Crippen molar-refractivity contribution in [3.63, 3.8) is 0 Å². The first kappa shape index (κ1) is 14.3. The molecule has 4 nitrogen and oxygen atoms in total. The lowest BCUT2D eigenvalue weighted by Gasteiger charge is -2.37. The second-order valence-corrected chi connectivity index (χ2v) is 5.87. The summed E-state index contributed by atoms with van der Waals surface area (Å²) in [6, 6.07) is 0. The van der Waals surface area contributed by atoms with Gasteiger partial charge < -0.3 is 14.7 Å². The SMILES string of the molecule is CCCC1(CO)CCCN1C(=O)OC(C)(C)C. The Morgan fingerprint density at radius 1 is 1.47 bits per heavy atom. The molecule has 0 aromatic carbocycles. The van der Waals surface area contributed by atoms with Crippen LogP contribution >= 0.6 is 0 Å². The van der Waals surface area contributed by atoms with E-state index in [4.69, 9.17) is 4.74 Å². The predicted molar refractivity (Wildman–Crippen MR) is 66.9 cm³/mol. The normalized spacial score (nSPS) is 25.1. The molecule has 0 bridgehead atoms. The maximum atomic E-state index is 12.1. The Hall–Kier alpha value is -0.770. The standard InChI is InChI=1S/C13H25NO3/c1-5-7-13(10-15)8-6-9-14(13)11(16)17-12(2,3)4/h15H,5-10H2,1-4H3. The van der Waals surface area contributed by atoms with Gasteiger partial charge in [0.05, 0.1) is 12.1 Å². The Kier molecular flexibility index (Phi) is 4.42. The first-order valence-electron chi connectivity index (χ1n) is 6.46. The van der Waals surface area contributed by atoms with Gasteiger partial charge >= 0.3 is 6.09 Å². The van der Waals surface area contributed by atoms with Crippen molar-refractivity contribution in [3.8, 4) is 0 Å². The zero-order chi connectivity index (χ0) is 13.1. The fourth-order valence-electron chi connectivity index (χ4n) is 2.51. The van der Waals surface area contributed by atoms with E-state index >= 15 is 0 Å². The Balaban J connectivity index is 2.77. The molecule has 0 aliphatic carbocycles. The number of hydrogen-bond acceptors (Lipinski definition) is 3. The van der Waals surface area contributed by atoms with Crippen LogP contribution in [0.4, 0.5) is 4.79 Å². The molecule has 0 aromatic rings.